The summed E-state index contributed by atoms with van der Waals surface area (Å²) >= 11 is 5.77. The van der Waals surface area contributed by atoms with E-state index in [4.69, 9.17) is 16.9 Å². The summed E-state index contributed by atoms with van der Waals surface area (Å²) in [6.45, 7) is 0. The summed E-state index contributed by atoms with van der Waals surface area (Å²) in [6.07, 6.45) is 1.38. The van der Waals surface area contributed by atoms with E-state index in [0.717, 1.165) is 0 Å². The van der Waals surface area contributed by atoms with Crippen LogP contribution in [-0.2, 0) is 4.79 Å². The topological polar surface area (TPSA) is 96.0 Å². The summed E-state index contributed by atoms with van der Waals surface area (Å²) in [5, 5.41) is 23.0. The third-order valence-electron chi connectivity index (χ3n) is 2.90. The number of para-hydroxylation sites is 2. The summed E-state index contributed by atoms with van der Waals surface area (Å²) in [7, 11) is 0. The van der Waals surface area contributed by atoms with E-state index in [0.29, 0.717) is 10.6 Å². The summed E-state index contributed by atoms with van der Waals surface area (Å²) in [5.74, 6) is -0.725. The molecular formula is C16H10ClN3O3. The van der Waals surface area contributed by atoms with Crippen LogP contribution in [0.5, 0.6) is 0 Å². The Morgan fingerprint density at radius 2 is 1.87 bits per heavy atom. The Balaban J connectivity index is 2.27. The fraction of sp³-hybridized carbons (Fsp3) is 0. The minimum absolute atomic E-state index is 0.0276. The Labute approximate surface area is 136 Å². The van der Waals surface area contributed by atoms with Crippen molar-refractivity contribution in [2.75, 3.05) is 5.32 Å². The Hall–Kier alpha value is -3.17. The monoisotopic (exact) mass is 327 g/mol. The van der Waals surface area contributed by atoms with E-state index in [-0.39, 0.29) is 16.9 Å². The number of nitro benzene ring substituents is 1. The number of benzene rings is 2. The number of hydrogen-bond donors (Lipinski definition) is 1. The first-order valence-corrected chi connectivity index (χ1v) is 6.81. The Morgan fingerprint density at radius 3 is 2.48 bits per heavy atom. The molecule has 23 heavy (non-hydrogen) atoms. The van der Waals surface area contributed by atoms with Crippen molar-refractivity contribution in [1.82, 2.24) is 0 Å². The average molecular weight is 328 g/mol. The van der Waals surface area contributed by atoms with Crippen molar-refractivity contribution < 1.29 is 9.72 Å². The van der Waals surface area contributed by atoms with E-state index >= 15 is 0 Å². The lowest BCUT2D eigenvalue weighted by Gasteiger charge is -2.05. The van der Waals surface area contributed by atoms with Crippen LogP contribution in [0.3, 0.4) is 0 Å². The number of nitrogens with one attached hydrogen (secondary N) is 1. The minimum Gasteiger partial charge on any atom is -0.316 e. The SMILES string of the molecule is N#CC(=Cc1ccc(Cl)cc1)C(=O)Nc1ccccc1[N+](=O)[O-]. The largest absolute Gasteiger partial charge is 0.316 e. The summed E-state index contributed by atoms with van der Waals surface area (Å²) in [6, 6.07) is 14.0. The highest BCUT2D eigenvalue weighted by Crippen LogP contribution is 2.24. The minimum atomic E-state index is -0.725. The van der Waals surface area contributed by atoms with Gasteiger partial charge in [-0.05, 0) is 29.8 Å². The van der Waals surface area contributed by atoms with Gasteiger partial charge in [0.05, 0.1) is 4.92 Å². The number of anilines is 1. The number of nitro groups is 1. The molecule has 0 spiro atoms. The standard InChI is InChI=1S/C16H10ClN3O3/c17-13-7-5-11(6-8-13)9-12(10-18)16(21)19-14-3-1-2-4-15(14)20(22)23/h1-9H,(H,19,21). The number of halogens is 1. The summed E-state index contributed by atoms with van der Waals surface area (Å²) < 4.78 is 0. The second-order valence-corrected chi connectivity index (χ2v) is 4.89. The zero-order valence-electron chi connectivity index (χ0n) is 11.7. The van der Waals surface area contributed by atoms with Crippen molar-refractivity contribution in [2.45, 2.75) is 0 Å². The van der Waals surface area contributed by atoms with E-state index in [1.807, 2.05) is 0 Å². The molecule has 2 aromatic rings. The molecule has 2 rings (SSSR count). The first-order valence-electron chi connectivity index (χ1n) is 6.43. The second-order valence-electron chi connectivity index (χ2n) is 4.45. The van der Waals surface area contributed by atoms with Crippen LogP contribution in [0.1, 0.15) is 5.56 Å². The molecule has 0 heterocycles. The quantitative estimate of drug-likeness (QED) is 0.400. The maximum atomic E-state index is 12.1. The zero-order chi connectivity index (χ0) is 16.8. The van der Waals surface area contributed by atoms with Gasteiger partial charge in [-0.3, -0.25) is 14.9 Å². The number of nitriles is 1. The number of hydrogen-bond acceptors (Lipinski definition) is 4. The predicted molar refractivity (Wildman–Crippen MR) is 86.8 cm³/mol. The van der Waals surface area contributed by atoms with Gasteiger partial charge in [-0.1, -0.05) is 35.9 Å². The third-order valence-corrected chi connectivity index (χ3v) is 3.15. The van der Waals surface area contributed by atoms with Crippen LogP contribution >= 0.6 is 11.6 Å². The molecule has 0 bridgehead atoms. The number of nitrogens with zero attached hydrogens (tertiary/aromatic N) is 2. The highest BCUT2D eigenvalue weighted by molar-refractivity contribution is 6.30. The molecule has 0 aliphatic carbocycles. The molecule has 6 nitrogen and oxygen atoms in total. The maximum absolute atomic E-state index is 12.1. The van der Waals surface area contributed by atoms with E-state index in [1.165, 1.54) is 24.3 Å². The first-order chi connectivity index (χ1) is 11.0. The van der Waals surface area contributed by atoms with Crippen molar-refractivity contribution in [3.63, 3.8) is 0 Å². The highest BCUT2D eigenvalue weighted by Gasteiger charge is 2.17. The molecule has 0 unspecified atom stereocenters. The van der Waals surface area contributed by atoms with Crippen molar-refractivity contribution >= 4 is 35.0 Å². The Morgan fingerprint density at radius 1 is 1.22 bits per heavy atom. The molecule has 0 aliphatic rings. The lowest BCUT2D eigenvalue weighted by molar-refractivity contribution is -0.383. The molecule has 1 amide bonds. The van der Waals surface area contributed by atoms with Crippen molar-refractivity contribution in [1.29, 1.82) is 5.26 Å². The fourth-order valence-corrected chi connectivity index (χ4v) is 1.93. The van der Waals surface area contributed by atoms with Gasteiger partial charge in [-0.2, -0.15) is 5.26 Å². The van der Waals surface area contributed by atoms with E-state index in [1.54, 1.807) is 36.4 Å². The normalized spacial score (nSPS) is 10.7. The maximum Gasteiger partial charge on any atom is 0.292 e. The second kappa shape index (κ2) is 7.20. The van der Waals surface area contributed by atoms with Crippen LogP contribution in [0.2, 0.25) is 5.02 Å². The Bertz CT molecular complexity index is 823. The molecule has 0 aliphatic heterocycles. The molecule has 7 heteroatoms. The van der Waals surface area contributed by atoms with Crippen molar-refractivity contribution in [3.05, 3.63) is 74.8 Å². The molecule has 1 N–H and O–H groups in total. The van der Waals surface area contributed by atoms with Gasteiger partial charge >= 0.3 is 0 Å². The summed E-state index contributed by atoms with van der Waals surface area (Å²) in [4.78, 5) is 22.5. The zero-order valence-corrected chi connectivity index (χ0v) is 12.4. The van der Waals surface area contributed by atoms with E-state index in [9.17, 15) is 14.9 Å². The average Bonchev–Trinajstić information content (AvgIpc) is 2.54. The van der Waals surface area contributed by atoms with E-state index in [2.05, 4.69) is 5.32 Å². The molecule has 0 saturated heterocycles. The smallest absolute Gasteiger partial charge is 0.292 e. The number of amides is 1. The molecule has 114 valence electrons. The van der Waals surface area contributed by atoms with Crippen LogP contribution < -0.4 is 5.32 Å². The molecule has 0 saturated carbocycles. The Kier molecular flexibility index (Phi) is 5.07. The molecule has 0 radical (unpaired) electrons. The van der Waals surface area contributed by atoms with Gasteiger partial charge in [-0.25, -0.2) is 0 Å². The molecule has 0 fully saturated rings. The molecule has 2 aromatic carbocycles. The van der Waals surface area contributed by atoms with Gasteiger partial charge in [0.25, 0.3) is 11.6 Å². The highest BCUT2D eigenvalue weighted by atomic mass is 35.5. The van der Waals surface area contributed by atoms with Gasteiger partial charge in [0.2, 0.25) is 0 Å². The van der Waals surface area contributed by atoms with Crippen molar-refractivity contribution in [3.8, 4) is 6.07 Å². The van der Waals surface area contributed by atoms with Crippen LogP contribution in [0.15, 0.2) is 54.1 Å². The van der Waals surface area contributed by atoms with Gasteiger partial charge in [0, 0.05) is 11.1 Å². The number of carbonyl (C=O) groups is 1. The lowest BCUT2D eigenvalue weighted by Crippen LogP contribution is -2.14. The predicted octanol–water partition coefficient (Wildman–Crippen LogP) is 3.79. The number of carbonyl (C=O) groups excluding carboxylic acids is 1. The lowest BCUT2D eigenvalue weighted by atomic mass is 10.1. The van der Waals surface area contributed by atoms with Crippen LogP contribution in [0.25, 0.3) is 6.08 Å². The van der Waals surface area contributed by atoms with Crippen LogP contribution in [0.4, 0.5) is 11.4 Å². The molecule has 0 aromatic heterocycles. The van der Waals surface area contributed by atoms with Crippen molar-refractivity contribution in [2.24, 2.45) is 0 Å². The third kappa shape index (κ3) is 4.15. The fourth-order valence-electron chi connectivity index (χ4n) is 1.80. The molecular weight excluding hydrogens is 318 g/mol. The van der Waals surface area contributed by atoms with Crippen LogP contribution in [-0.4, -0.2) is 10.8 Å². The molecule has 0 atom stereocenters. The van der Waals surface area contributed by atoms with Gasteiger partial charge in [0.1, 0.15) is 17.3 Å². The summed E-state index contributed by atoms with van der Waals surface area (Å²) in [5.41, 5.74) is 0.221. The number of rotatable bonds is 4. The van der Waals surface area contributed by atoms with E-state index < -0.39 is 10.8 Å². The first kappa shape index (κ1) is 16.2. The van der Waals surface area contributed by atoms with Gasteiger partial charge in [-0.15, -0.1) is 0 Å². The van der Waals surface area contributed by atoms with Gasteiger partial charge in [0.15, 0.2) is 0 Å². The van der Waals surface area contributed by atoms with Gasteiger partial charge < -0.3 is 5.32 Å². The van der Waals surface area contributed by atoms with Crippen LogP contribution in [0, 0.1) is 21.4 Å².